The Morgan fingerprint density at radius 2 is 1.83 bits per heavy atom. The molecule has 1 amide bonds. The normalized spacial score (nSPS) is 21.2. The van der Waals surface area contributed by atoms with Gasteiger partial charge < -0.3 is 9.72 Å². The summed E-state index contributed by atoms with van der Waals surface area (Å²) in [5.74, 6) is -2.48. The van der Waals surface area contributed by atoms with Crippen molar-refractivity contribution in [3.05, 3.63) is 59.5 Å². The summed E-state index contributed by atoms with van der Waals surface area (Å²) in [7, 11) is 5.78. The van der Waals surface area contributed by atoms with Crippen LogP contribution in [0.5, 0.6) is 0 Å². The molecule has 0 bridgehead atoms. The zero-order chi connectivity index (χ0) is 24.8. The van der Waals surface area contributed by atoms with E-state index in [-0.39, 0.29) is 28.7 Å². The first-order valence-corrected chi connectivity index (χ1v) is 11.9. The summed E-state index contributed by atoms with van der Waals surface area (Å²) in [6, 6.07) is 9.47. The fourth-order valence-electron chi connectivity index (χ4n) is 5.41. The lowest BCUT2D eigenvalue weighted by atomic mass is 9.91. The van der Waals surface area contributed by atoms with Gasteiger partial charge in [0.15, 0.2) is 0 Å². The standard InChI is InChI=1S/C27H26BF2N3O2/c1-25(2,3)35-24(34)33-14-26(8-9-26)12-22(33)23-31-13-21(32-23)15-4-6-17-18-7-5-16(28)11-20(18)27(29,30)19(17)10-15/h4-7,10-11,13,22H,8-9,12,14H2,1-3H3,(H,31,32)/t22-/m0/s1. The molecular formula is C27H26BF2N3O2. The summed E-state index contributed by atoms with van der Waals surface area (Å²) in [6.45, 7) is 6.20. The molecule has 1 atom stereocenters. The van der Waals surface area contributed by atoms with E-state index in [0.29, 0.717) is 40.2 Å². The minimum Gasteiger partial charge on any atom is -0.444 e. The van der Waals surface area contributed by atoms with Crippen molar-refractivity contribution in [2.75, 3.05) is 6.54 Å². The second-order valence-corrected chi connectivity index (χ2v) is 11.2. The van der Waals surface area contributed by atoms with Gasteiger partial charge in [0.2, 0.25) is 0 Å². The molecular weight excluding hydrogens is 447 g/mol. The molecule has 5 nitrogen and oxygen atoms in total. The summed E-state index contributed by atoms with van der Waals surface area (Å²) in [6.07, 6.45) is 4.29. The van der Waals surface area contributed by atoms with Crippen LogP contribution in [-0.2, 0) is 10.7 Å². The van der Waals surface area contributed by atoms with Crippen LogP contribution in [0.1, 0.15) is 63.0 Å². The molecule has 8 heteroatoms. The summed E-state index contributed by atoms with van der Waals surface area (Å²) < 4.78 is 36.2. The monoisotopic (exact) mass is 473 g/mol. The summed E-state index contributed by atoms with van der Waals surface area (Å²) in [4.78, 5) is 22.6. The largest absolute Gasteiger partial charge is 0.444 e. The Morgan fingerprint density at radius 1 is 1.14 bits per heavy atom. The molecule has 1 spiro atoms. The van der Waals surface area contributed by atoms with E-state index in [9.17, 15) is 4.79 Å². The van der Waals surface area contributed by atoms with E-state index in [1.165, 1.54) is 12.1 Å². The van der Waals surface area contributed by atoms with Gasteiger partial charge in [0.25, 0.3) is 5.92 Å². The molecule has 1 saturated carbocycles. The van der Waals surface area contributed by atoms with Crippen LogP contribution in [0, 0.1) is 5.41 Å². The van der Waals surface area contributed by atoms with Crippen molar-refractivity contribution >= 4 is 19.4 Å². The minimum atomic E-state index is -3.13. The number of H-pyrrole nitrogens is 1. The SMILES string of the molecule is [B]c1ccc2c(c1)C(F)(F)c1cc(-c3cnc([C@@H]4CC5(CC5)CN4C(=O)OC(C)(C)C)[nH]3)ccc1-2. The van der Waals surface area contributed by atoms with E-state index >= 15 is 8.78 Å². The fourth-order valence-corrected chi connectivity index (χ4v) is 5.41. The number of ether oxygens (including phenoxy) is 1. The van der Waals surface area contributed by atoms with E-state index in [2.05, 4.69) is 9.97 Å². The third-order valence-corrected chi connectivity index (χ3v) is 7.35. The third kappa shape index (κ3) is 3.65. The topological polar surface area (TPSA) is 58.2 Å². The van der Waals surface area contributed by atoms with Gasteiger partial charge in [-0.15, -0.1) is 0 Å². The predicted molar refractivity (Wildman–Crippen MR) is 130 cm³/mol. The number of carbonyl (C=O) groups is 1. The maximum Gasteiger partial charge on any atom is 0.410 e. The van der Waals surface area contributed by atoms with Crippen LogP contribution in [0.15, 0.2) is 42.6 Å². The van der Waals surface area contributed by atoms with E-state index in [0.717, 1.165) is 19.3 Å². The first-order chi connectivity index (χ1) is 16.5. The Hall–Kier alpha value is -3.16. The number of rotatable bonds is 2. The number of aromatic amines is 1. The first-order valence-electron chi connectivity index (χ1n) is 11.9. The maximum atomic E-state index is 15.3. The number of amides is 1. The van der Waals surface area contributed by atoms with E-state index < -0.39 is 11.5 Å². The van der Waals surface area contributed by atoms with Crippen molar-refractivity contribution in [3.8, 4) is 22.4 Å². The molecule has 2 aromatic carbocycles. The molecule has 2 fully saturated rings. The Bertz CT molecular complexity index is 1360. The van der Waals surface area contributed by atoms with Crippen LogP contribution >= 0.6 is 0 Å². The van der Waals surface area contributed by atoms with Crippen LogP contribution in [0.3, 0.4) is 0 Å². The highest BCUT2D eigenvalue weighted by Gasteiger charge is 2.55. The average molecular weight is 473 g/mol. The summed E-state index contributed by atoms with van der Waals surface area (Å²) >= 11 is 0. The van der Waals surface area contributed by atoms with Gasteiger partial charge in [-0.25, -0.2) is 9.78 Å². The number of hydrogen-bond acceptors (Lipinski definition) is 3. The summed E-state index contributed by atoms with van der Waals surface area (Å²) in [5.41, 5.74) is 2.02. The molecule has 2 heterocycles. The van der Waals surface area contributed by atoms with Crippen molar-refractivity contribution in [1.82, 2.24) is 14.9 Å². The van der Waals surface area contributed by atoms with Crippen molar-refractivity contribution in [1.29, 1.82) is 0 Å². The number of fused-ring (bicyclic) bond motifs is 3. The van der Waals surface area contributed by atoms with Crippen molar-refractivity contribution < 1.29 is 18.3 Å². The number of nitrogens with one attached hydrogen (secondary N) is 1. The smallest absolute Gasteiger partial charge is 0.410 e. The predicted octanol–water partition coefficient (Wildman–Crippen LogP) is 5.45. The van der Waals surface area contributed by atoms with Crippen LogP contribution in [0.25, 0.3) is 22.4 Å². The lowest BCUT2D eigenvalue weighted by molar-refractivity contribution is 0.0212. The van der Waals surface area contributed by atoms with Crippen LogP contribution in [-0.4, -0.2) is 41.0 Å². The van der Waals surface area contributed by atoms with Gasteiger partial charge in [0.1, 0.15) is 19.3 Å². The van der Waals surface area contributed by atoms with Gasteiger partial charge in [0, 0.05) is 23.2 Å². The Balaban J connectivity index is 1.32. The second-order valence-electron chi connectivity index (χ2n) is 11.2. The van der Waals surface area contributed by atoms with Gasteiger partial charge in [-0.1, -0.05) is 35.8 Å². The highest BCUT2D eigenvalue weighted by atomic mass is 19.3. The molecule has 6 rings (SSSR count). The second kappa shape index (κ2) is 7.18. The van der Waals surface area contributed by atoms with Crippen molar-refractivity contribution in [2.45, 2.75) is 57.6 Å². The molecule has 2 radical (unpaired) electrons. The minimum absolute atomic E-state index is 0.0417. The number of hydrogen-bond donors (Lipinski definition) is 1. The van der Waals surface area contributed by atoms with E-state index in [1.807, 2.05) is 26.8 Å². The molecule has 178 valence electrons. The van der Waals surface area contributed by atoms with Gasteiger partial charge in [0.05, 0.1) is 17.9 Å². The number of carbonyl (C=O) groups excluding carboxylic acids is 1. The van der Waals surface area contributed by atoms with Gasteiger partial charge in [-0.05, 0) is 62.6 Å². The van der Waals surface area contributed by atoms with Crippen LogP contribution in [0.4, 0.5) is 13.6 Å². The molecule has 1 saturated heterocycles. The molecule has 3 aliphatic rings. The molecule has 3 aromatic rings. The molecule has 2 aliphatic carbocycles. The Labute approximate surface area is 204 Å². The number of alkyl halides is 2. The molecule has 1 aliphatic heterocycles. The van der Waals surface area contributed by atoms with Gasteiger partial charge in [-0.2, -0.15) is 8.78 Å². The van der Waals surface area contributed by atoms with Crippen LogP contribution < -0.4 is 5.46 Å². The van der Waals surface area contributed by atoms with Crippen molar-refractivity contribution in [2.24, 2.45) is 5.41 Å². The zero-order valence-electron chi connectivity index (χ0n) is 20.0. The average Bonchev–Trinajstić information content (AvgIpc) is 3.12. The molecule has 35 heavy (non-hydrogen) atoms. The first kappa shape index (κ1) is 22.3. The van der Waals surface area contributed by atoms with E-state index in [4.69, 9.17) is 12.6 Å². The number of nitrogens with zero attached hydrogens (tertiary/aromatic N) is 2. The molecule has 1 aromatic heterocycles. The van der Waals surface area contributed by atoms with E-state index in [1.54, 1.807) is 29.3 Å². The number of benzene rings is 2. The van der Waals surface area contributed by atoms with Crippen LogP contribution in [0.2, 0.25) is 0 Å². The lowest BCUT2D eigenvalue weighted by Crippen LogP contribution is -2.37. The number of halogens is 2. The molecule has 0 unspecified atom stereocenters. The molecule has 1 N–H and O–H groups in total. The third-order valence-electron chi connectivity index (χ3n) is 7.35. The zero-order valence-corrected chi connectivity index (χ0v) is 20.0. The fraction of sp³-hybridized carbons (Fsp3) is 0.407. The highest BCUT2D eigenvalue weighted by molar-refractivity contribution is 6.32. The summed E-state index contributed by atoms with van der Waals surface area (Å²) in [5, 5.41) is 0. The number of likely N-dealkylation sites (tertiary alicyclic amines) is 1. The Morgan fingerprint density at radius 3 is 2.51 bits per heavy atom. The number of aromatic nitrogens is 2. The highest BCUT2D eigenvalue weighted by Crippen LogP contribution is 2.58. The quantitative estimate of drug-likeness (QED) is 0.504. The maximum absolute atomic E-state index is 15.3. The van der Waals surface area contributed by atoms with Gasteiger partial charge >= 0.3 is 6.09 Å². The number of imidazole rings is 1. The Kier molecular flexibility index (Phi) is 4.58. The van der Waals surface area contributed by atoms with Gasteiger partial charge in [-0.3, -0.25) is 4.90 Å². The van der Waals surface area contributed by atoms with Crippen molar-refractivity contribution in [3.63, 3.8) is 0 Å². The lowest BCUT2D eigenvalue weighted by Gasteiger charge is -2.27.